The van der Waals surface area contributed by atoms with Crippen LogP contribution in [-0.4, -0.2) is 64.3 Å². The zero-order chi connectivity index (χ0) is 21.4. The Morgan fingerprint density at radius 2 is 1.47 bits per heavy atom. The molecule has 1 saturated heterocycles. The molecule has 0 bridgehead atoms. The van der Waals surface area contributed by atoms with Crippen LogP contribution < -0.4 is 39.4 Å². The largest absolute Gasteiger partial charge is 1.00 e. The first-order chi connectivity index (χ1) is 14.7. The number of quaternary nitrogens is 2. The summed E-state index contributed by atoms with van der Waals surface area (Å²) >= 11 is 0. The molecule has 5 nitrogen and oxygen atoms in total. The lowest BCUT2D eigenvalue weighted by Crippen LogP contribution is -3.26. The summed E-state index contributed by atoms with van der Waals surface area (Å²) in [6.07, 6.45) is 11.6. The van der Waals surface area contributed by atoms with Crippen LogP contribution in [0.1, 0.15) is 64.7 Å². The van der Waals surface area contributed by atoms with Crippen molar-refractivity contribution in [1.82, 2.24) is 0 Å². The molecule has 0 saturated carbocycles. The van der Waals surface area contributed by atoms with Gasteiger partial charge in [0, 0.05) is 12.7 Å². The van der Waals surface area contributed by atoms with Crippen LogP contribution in [0.25, 0.3) is 0 Å². The highest BCUT2D eigenvalue weighted by Gasteiger charge is 2.27. The number of piperazine rings is 1. The first-order valence-corrected chi connectivity index (χ1v) is 12.3. The molecule has 0 aromatic heterocycles. The normalized spacial score (nSPS) is 19.0. The van der Waals surface area contributed by atoms with Gasteiger partial charge < -0.3 is 44.3 Å². The topological polar surface area (TPSA) is 47.6 Å². The molecule has 1 unspecified atom stereocenters. The molecule has 7 heteroatoms. The highest BCUT2D eigenvalue weighted by molar-refractivity contribution is 5.45. The number of halogens is 2. The predicted octanol–water partition coefficient (Wildman–Crippen LogP) is -3.97. The lowest BCUT2D eigenvalue weighted by atomic mass is 10.1. The van der Waals surface area contributed by atoms with Crippen molar-refractivity contribution >= 4 is 5.69 Å². The van der Waals surface area contributed by atoms with Crippen LogP contribution in [0.2, 0.25) is 0 Å². The molecule has 1 heterocycles. The monoisotopic (exact) mass is 492 g/mol. The summed E-state index contributed by atoms with van der Waals surface area (Å²) in [5.74, 6) is 0.973. The molecular weight excluding hydrogens is 447 g/mol. The first-order valence-electron chi connectivity index (χ1n) is 12.3. The number of aliphatic hydroxyl groups is 1. The van der Waals surface area contributed by atoms with Crippen LogP contribution in [0.3, 0.4) is 0 Å². The lowest BCUT2D eigenvalue weighted by Gasteiger charge is -2.31. The molecule has 1 aromatic carbocycles. The van der Waals surface area contributed by atoms with Crippen molar-refractivity contribution in [3.63, 3.8) is 0 Å². The maximum absolute atomic E-state index is 10.3. The van der Waals surface area contributed by atoms with E-state index in [1.807, 2.05) is 12.1 Å². The number of rotatable bonds is 16. The van der Waals surface area contributed by atoms with Crippen molar-refractivity contribution < 1.29 is 49.2 Å². The minimum Gasteiger partial charge on any atom is -1.00 e. The van der Waals surface area contributed by atoms with Crippen LogP contribution in [0, 0.1) is 0 Å². The van der Waals surface area contributed by atoms with Gasteiger partial charge in [-0.3, -0.25) is 4.90 Å². The molecule has 1 fully saturated rings. The molecule has 3 N–H and O–H groups in total. The van der Waals surface area contributed by atoms with Crippen molar-refractivity contribution in [3.05, 3.63) is 24.3 Å². The van der Waals surface area contributed by atoms with Crippen LogP contribution >= 0.6 is 0 Å². The highest BCUT2D eigenvalue weighted by Crippen LogP contribution is 2.18. The molecule has 0 spiro atoms. The second kappa shape index (κ2) is 19.9. The second-order valence-electron chi connectivity index (χ2n) is 8.82. The average Bonchev–Trinajstić information content (AvgIpc) is 2.78. The van der Waals surface area contributed by atoms with Gasteiger partial charge in [-0.25, -0.2) is 0 Å². The van der Waals surface area contributed by atoms with Gasteiger partial charge in [0.15, 0.2) is 11.4 Å². The summed E-state index contributed by atoms with van der Waals surface area (Å²) in [6.45, 7) is 8.60. The Morgan fingerprint density at radius 3 is 2.09 bits per heavy atom. The van der Waals surface area contributed by atoms with E-state index >= 15 is 0 Å². The van der Waals surface area contributed by atoms with Crippen molar-refractivity contribution in [1.29, 1.82) is 0 Å². The molecular formula is C25H46Cl2N2O3. The van der Waals surface area contributed by atoms with Crippen molar-refractivity contribution in [2.75, 3.05) is 53.0 Å². The Morgan fingerprint density at radius 1 is 0.875 bits per heavy atom. The van der Waals surface area contributed by atoms with Crippen molar-refractivity contribution in [3.8, 4) is 5.75 Å². The molecule has 1 atom stereocenters. The summed E-state index contributed by atoms with van der Waals surface area (Å²) in [7, 11) is 1.74. The Bertz CT molecular complexity index is 558. The Hall–Kier alpha value is -0.560. The van der Waals surface area contributed by atoms with E-state index < -0.39 is 0 Å². The van der Waals surface area contributed by atoms with Crippen LogP contribution in [0.4, 0.5) is 5.69 Å². The molecule has 1 aromatic rings. The summed E-state index contributed by atoms with van der Waals surface area (Å²) in [5.41, 5.74) is 1.25. The first kappa shape index (κ1) is 31.4. The third-order valence-electron chi connectivity index (χ3n) is 6.28. The smallest absolute Gasteiger partial charge is 0.179 e. The Labute approximate surface area is 208 Å². The van der Waals surface area contributed by atoms with E-state index in [0.29, 0.717) is 6.61 Å². The van der Waals surface area contributed by atoms with Gasteiger partial charge >= 0.3 is 0 Å². The van der Waals surface area contributed by atoms with Crippen LogP contribution in [0.5, 0.6) is 5.75 Å². The lowest BCUT2D eigenvalue weighted by molar-refractivity contribution is -0.988. The van der Waals surface area contributed by atoms with Gasteiger partial charge in [-0.1, -0.05) is 70.4 Å². The maximum atomic E-state index is 10.3. The Balaban J connectivity index is 0.00000480. The second-order valence-corrected chi connectivity index (χ2v) is 8.82. The summed E-state index contributed by atoms with van der Waals surface area (Å²) in [4.78, 5) is 2.96. The minimum absolute atomic E-state index is 0. The van der Waals surface area contributed by atoms with Crippen LogP contribution in [0.15, 0.2) is 24.3 Å². The number of aliphatic hydroxyl groups excluding tert-OH is 1. The van der Waals surface area contributed by atoms with Gasteiger partial charge in [0.25, 0.3) is 0 Å². The predicted molar refractivity (Wildman–Crippen MR) is 123 cm³/mol. The number of ether oxygens (including phenoxy) is 2. The number of para-hydroxylation sites is 2. The Kier molecular flexibility index (Phi) is 19.5. The number of nitrogens with one attached hydrogen (secondary N) is 2. The van der Waals surface area contributed by atoms with E-state index in [-0.39, 0.29) is 30.9 Å². The highest BCUT2D eigenvalue weighted by atomic mass is 35.5. The number of hydrogen-bond donors (Lipinski definition) is 3. The van der Waals surface area contributed by atoms with Gasteiger partial charge in [0.1, 0.15) is 38.8 Å². The fourth-order valence-electron chi connectivity index (χ4n) is 4.44. The van der Waals surface area contributed by atoms with E-state index in [1.165, 1.54) is 66.9 Å². The van der Waals surface area contributed by atoms with Gasteiger partial charge in [0.05, 0.1) is 13.7 Å². The molecule has 1 aliphatic heterocycles. The van der Waals surface area contributed by atoms with Gasteiger partial charge in [-0.2, -0.15) is 0 Å². The average molecular weight is 494 g/mol. The molecule has 1 aliphatic rings. The zero-order valence-corrected chi connectivity index (χ0v) is 21.7. The molecule has 0 aliphatic carbocycles. The van der Waals surface area contributed by atoms with Crippen molar-refractivity contribution in [2.45, 2.75) is 70.8 Å². The molecule has 32 heavy (non-hydrogen) atoms. The summed E-state index contributed by atoms with van der Waals surface area (Å²) < 4.78 is 11.2. The number of methoxy groups -OCH3 is 1. The van der Waals surface area contributed by atoms with E-state index in [0.717, 1.165) is 51.5 Å². The molecule has 2 rings (SSSR count). The number of hydrogen-bond acceptors (Lipinski definition) is 3. The summed E-state index contributed by atoms with van der Waals surface area (Å²) in [5, 5.41) is 10.3. The van der Waals surface area contributed by atoms with Crippen molar-refractivity contribution in [2.24, 2.45) is 0 Å². The SMILES string of the molecule is CCCCCCCCCCCOCC(O)C[NH+]1CC[NH+](c2ccccc2OC)CC1.[Cl-].[Cl-]. The van der Waals surface area contributed by atoms with E-state index in [2.05, 4.69) is 19.1 Å². The zero-order valence-electron chi connectivity index (χ0n) is 20.2. The molecule has 0 radical (unpaired) electrons. The number of unbranched alkanes of at least 4 members (excludes halogenated alkanes) is 8. The molecule has 188 valence electrons. The maximum Gasteiger partial charge on any atom is 0.179 e. The minimum atomic E-state index is -0.355. The fourth-order valence-corrected chi connectivity index (χ4v) is 4.44. The molecule has 0 amide bonds. The number of benzene rings is 1. The third kappa shape index (κ3) is 12.6. The standard InChI is InChI=1S/C25H44N2O3.2ClH/c1-3-4-5-6-7-8-9-10-13-20-30-22-23(28)21-26-16-18-27(19-17-26)24-14-11-12-15-25(24)29-2;;/h11-12,14-15,23,28H,3-10,13,16-22H2,1-2H3;2*1H. The van der Waals surface area contributed by atoms with E-state index in [9.17, 15) is 5.11 Å². The van der Waals surface area contributed by atoms with E-state index in [4.69, 9.17) is 9.47 Å². The quantitative estimate of drug-likeness (QED) is 0.206. The fraction of sp³-hybridized carbons (Fsp3) is 0.760. The van der Waals surface area contributed by atoms with Gasteiger partial charge in [-0.05, 0) is 12.5 Å². The van der Waals surface area contributed by atoms with Gasteiger partial charge in [0.2, 0.25) is 0 Å². The van der Waals surface area contributed by atoms with E-state index in [1.54, 1.807) is 7.11 Å². The third-order valence-corrected chi connectivity index (χ3v) is 6.28. The summed E-state index contributed by atoms with van der Waals surface area (Å²) in [6, 6.07) is 8.30. The van der Waals surface area contributed by atoms with Gasteiger partial charge in [-0.15, -0.1) is 0 Å². The van der Waals surface area contributed by atoms with Crippen LogP contribution in [-0.2, 0) is 4.74 Å².